The molecule has 0 aliphatic carbocycles. The van der Waals surface area contributed by atoms with E-state index in [1.54, 1.807) is 0 Å². The maximum Gasteiger partial charge on any atom is 0.372 e. The molecule has 0 atom stereocenters. The fourth-order valence-electron chi connectivity index (χ4n) is 0.0535. The lowest BCUT2D eigenvalue weighted by Gasteiger charge is -1.80. The molecular formula is C4H6O3. The first-order valence-corrected chi connectivity index (χ1v) is 1.38. The highest BCUT2D eigenvalue weighted by Gasteiger charge is 2.05. The van der Waals surface area contributed by atoms with E-state index in [9.17, 15) is 9.59 Å². The van der Waals surface area contributed by atoms with E-state index in [4.69, 9.17) is 12.0 Å². The summed E-state index contributed by atoms with van der Waals surface area (Å²) in [6.45, 7) is -3.25. The van der Waals surface area contributed by atoms with Gasteiger partial charge < -0.3 is 5.11 Å². The summed E-state index contributed by atoms with van der Waals surface area (Å²) in [5.41, 5.74) is 0. The Morgan fingerprint density at radius 1 is 2.00 bits per heavy atom. The van der Waals surface area contributed by atoms with Crippen molar-refractivity contribution in [2.75, 3.05) is 0 Å². The van der Waals surface area contributed by atoms with Crippen molar-refractivity contribution >= 4 is 11.8 Å². The van der Waals surface area contributed by atoms with Gasteiger partial charge in [-0.25, -0.2) is 4.79 Å². The number of carboxylic acid groups (broad SMARTS) is 1. The number of hydrogen-bond donors (Lipinski definition) is 1. The maximum atomic E-state index is 10.5. The van der Waals surface area contributed by atoms with Crippen LogP contribution in [0.5, 0.6) is 0 Å². The molecule has 0 fully saturated rings. The van der Waals surface area contributed by atoms with Gasteiger partial charge in [0.15, 0.2) is 0 Å². The Balaban J connectivity index is 4.87. The highest BCUT2D eigenvalue weighted by atomic mass is 16.4. The van der Waals surface area contributed by atoms with Crippen molar-refractivity contribution in [3.8, 4) is 0 Å². The van der Waals surface area contributed by atoms with Crippen molar-refractivity contribution in [1.82, 2.24) is 0 Å². The fourth-order valence-corrected chi connectivity index (χ4v) is 0.0535. The van der Waals surface area contributed by atoms with E-state index < -0.39 is 25.0 Å². The van der Waals surface area contributed by atoms with Crippen LogP contribution in [0.15, 0.2) is 0 Å². The van der Waals surface area contributed by atoms with Crippen molar-refractivity contribution in [2.45, 2.75) is 13.2 Å². The number of carbonyl (C=O) groups is 2. The molecule has 0 aliphatic rings. The quantitative estimate of drug-likeness (QED) is 0.401. The molecule has 0 rings (SSSR count). The topological polar surface area (TPSA) is 54.4 Å². The van der Waals surface area contributed by atoms with Crippen molar-refractivity contribution in [2.24, 2.45) is 0 Å². The number of carboxylic acids is 1. The summed E-state index contributed by atoms with van der Waals surface area (Å²) in [6, 6.07) is 0. The van der Waals surface area contributed by atoms with Gasteiger partial charge in [-0.05, 0) is 0 Å². The molecule has 0 aromatic carbocycles. The molecule has 7 heavy (non-hydrogen) atoms. The standard InChI is InChI=1S/C4H6O3/c1-2-3(5)4(6)7/h2H2,1H3,(H,6,7)/i1+1D3,2D2. The first-order valence-electron chi connectivity index (χ1n) is 3.88. The lowest BCUT2D eigenvalue weighted by Crippen LogP contribution is -2.09. The lowest BCUT2D eigenvalue weighted by molar-refractivity contribution is -0.148. The van der Waals surface area contributed by atoms with Gasteiger partial charge in [-0.3, -0.25) is 4.79 Å². The first-order chi connectivity index (χ1) is 5.10. The minimum absolute atomic E-state index is 1.96. The zero-order chi connectivity index (χ0) is 10.2. The van der Waals surface area contributed by atoms with E-state index in [1.807, 2.05) is 0 Å². The van der Waals surface area contributed by atoms with E-state index >= 15 is 0 Å². The van der Waals surface area contributed by atoms with Crippen LogP contribution in [0.2, 0.25) is 0 Å². The lowest BCUT2D eigenvalue weighted by atomic mass is 10.4. The van der Waals surface area contributed by atoms with Gasteiger partial charge in [-0.1, -0.05) is 6.85 Å². The predicted molar refractivity (Wildman–Crippen MR) is 22.9 cm³/mol. The summed E-state index contributed by atoms with van der Waals surface area (Å²) in [4.78, 5) is 20.4. The molecule has 0 saturated carbocycles. The second-order valence-corrected chi connectivity index (χ2v) is 0.759. The van der Waals surface area contributed by atoms with Crippen molar-refractivity contribution in [1.29, 1.82) is 0 Å². The van der Waals surface area contributed by atoms with Gasteiger partial charge in [-0.2, -0.15) is 0 Å². The van der Waals surface area contributed by atoms with E-state index in [-0.39, 0.29) is 0 Å². The number of rotatable bonds is 2. The summed E-state index contributed by atoms with van der Waals surface area (Å²) < 4.78 is 33.0. The van der Waals surface area contributed by atoms with Crippen LogP contribution in [-0.2, 0) is 9.59 Å². The Morgan fingerprint density at radius 3 is 2.71 bits per heavy atom. The minimum Gasteiger partial charge on any atom is -0.476 e. The van der Waals surface area contributed by atoms with Gasteiger partial charge >= 0.3 is 5.97 Å². The number of carbonyl (C=O) groups excluding carboxylic acids is 1. The monoisotopic (exact) mass is 108 g/mol. The summed E-state index contributed by atoms with van der Waals surface area (Å²) in [6.07, 6.45) is -3.32. The van der Waals surface area contributed by atoms with Gasteiger partial charge in [0.05, 0.1) is 0 Å². The third kappa shape index (κ3) is 1.92. The Morgan fingerprint density at radius 2 is 2.57 bits per heavy atom. The molecule has 3 nitrogen and oxygen atoms in total. The Bertz CT molecular complexity index is 217. The minimum atomic E-state index is -3.32. The van der Waals surface area contributed by atoms with Crippen LogP contribution in [0.25, 0.3) is 0 Å². The van der Waals surface area contributed by atoms with E-state index in [2.05, 4.69) is 0 Å². The first kappa shape index (κ1) is 1.58. The molecular weight excluding hydrogens is 97.0 g/mol. The van der Waals surface area contributed by atoms with Crippen LogP contribution in [0.4, 0.5) is 0 Å². The number of aliphatic carboxylic acids is 1. The van der Waals surface area contributed by atoms with Crippen LogP contribution >= 0.6 is 0 Å². The average molecular weight is 108 g/mol. The molecule has 0 radical (unpaired) electrons. The molecule has 0 spiro atoms. The normalized spacial score (nSPS) is 22.6. The predicted octanol–water partition coefficient (Wildman–Crippen LogP) is 0.0501. The van der Waals surface area contributed by atoms with E-state index in [1.165, 1.54) is 0 Å². The zero-order valence-electron chi connectivity index (χ0n) is 8.26. The molecule has 0 saturated heterocycles. The van der Waals surface area contributed by atoms with Crippen LogP contribution in [-0.4, -0.2) is 16.9 Å². The zero-order valence-corrected chi connectivity index (χ0v) is 3.26. The fraction of sp³-hybridized carbons (Fsp3) is 0.500. The van der Waals surface area contributed by atoms with Gasteiger partial charge in [0, 0.05) is 13.2 Å². The SMILES string of the molecule is [2H]C([2H])(C(=O)C(=O)O)[13C]([2H])([2H])[2H]. The van der Waals surface area contributed by atoms with Crippen LogP contribution in [0.1, 0.15) is 20.1 Å². The molecule has 1 N–H and O–H groups in total. The van der Waals surface area contributed by atoms with Crippen LogP contribution < -0.4 is 0 Å². The molecule has 3 heteroatoms. The molecule has 0 amide bonds. The largest absolute Gasteiger partial charge is 0.476 e. The summed E-state index contributed by atoms with van der Waals surface area (Å²) in [7, 11) is 0. The summed E-state index contributed by atoms with van der Waals surface area (Å²) >= 11 is 0. The smallest absolute Gasteiger partial charge is 0.372 e. The van der Waals surface area contributed by atoms with E-state index in [0.29, 0.717) is 0 Å². The number of ketones is 1. The molecule has 0 aromatic rings. The second-order valence-electron chi connectivity index (χ2n) is 0.759. The van der Waals surface area contributed by atoms with Gasteiger partial charge in [0.25, 0.3) is 0 Å². The molecule has 0 bridgehead atoms. The van der Waals surface area contributed by atoms with Gasteiger partial charge in [0.2, 0.25) is 5.78 Å². The number of Topliss-reactive ketones (excluding diaryl/α,β-unsaturated/α-hetero) is 1. The molecule has 0 unspecified atom stereocenters. The molecule has 0 aromatic heterocycles. The Hall–Kier alpha value is -0.860. The van der Waals surface area contributed by atoms with Crippen LogP contribution in [0.3, 0.4) is 0 Å². The third-order valence-corrected chi connectivity index (χ3v) is 0.308. The van der Waals surface area contributed by atoms with Crippen molar-refractivity contribution in [3.63, 3.8) is 0 Å². The summed E-state index contributed by atoms with van der Waals surface area (Å²) in [5, 5.41) is 8.04. The average Bonchev–Trinajstić information content (AvgIpc) is 1.83. The van der Waals surface area contributed by atoms with Crippen molar-refractivity contribution < 1.29 is 21.5 Å². The van der Waals surface area contributed by atoms with Gasteiger partial charge in [0.1, 0.15) is 0 Å². The van der Waals surface area contributed by atoms with Crippen LogP contribution in [0, 0.1) is 0 Å². The van der Waals surface area contributed by atoms with E-state index in [0.717, 1.165) is 0 Å². The molecule has 0 heterocycles. The Labute approximate surface area is 48.0 Å². The third-order valence-electron chi connectivity index (χ3n) is 0.308. The molecule has 0 aliphatic heterocycles. The van der Waals surface area contributed by atoms with Gasteiger partial charge in [-0.15, -0.1) is 0 Å². The second kappa shape index (κ2) is 2.34. The highest BCUT2D eigenvalue weighted by molar-refractivity contribution is 6.32. The summed E-state index contributed by atoms with van der Waals surface area (Å²) in [5.74, 6) is -4.04. The van der Waals surface area contributed by atoms with Crippen molar-refractivity contribution in [3.05, 3.63) is 0 Å². The molecule has 40 valence electrons. The number of hydrogen-bond acceptors (Lipinski definition) is 2. The Kier molecular flexibility index (Phi) is 0.527. The maximum absolute atomic E-state index is 10.5. The highest BCUT2D eigenvalue weighted by Crippen LogP contribution is 1.76.